The van der Waals surface area contributed by atoms with Gasteiger partial charge in [0.1, 0.15) is 5.82 Å². The predicted molar refractivity (Wildman–Crippen MR) is 58.1 cm³/mol. The minimum atomic E-state index is -1.53. The Bertz CT molecular complexity index is 432. The molecular weight excluding hydrogens is 335 g/mol. The molecule has 1 aromatic carbocycles. The van der Waals surface area contributed by atoms with Gasteiger partial charge in [-0.3, -0.25) is 4.79 Å². The Morgan fingerprint density at radius 1 is 1.33 bits per heavy atom. The van der Waals surface area contributed by atoms with Crippen LogP contribution in [0.25, 0.3) is 0 Å². The maximum atomic E-state index is 13.1. The molecule has 0 radical (unpaired) electrons. The molecule has 15 heavy (non-hydrogen) atoms. The Labute approximate surface area is 102 Å². The van der Waals surface area contributed by atoms with Crippen molar-refractivity contribution in [1.82, 2.24) is 0 Å². The fourth-order valence-electron chi connectivity index (χ4n) is 0.967. The number of hydrogen-bond acceptors (Lipinski definition) is 2. The number of carbonyl (C=O) groups is 2. The summed E-state index contributed by atoms with van der Waals surface area (Å²) in [6, 6.07) is 2.63. The zero-order valence-electron chi connectivity index (χ0n) is 7.26. The van der Waals surface area contributed by atoms with Crippen LogP contribution in [-0.4, -0.2) is 16.9 Å². The van der Waals surface area contributed by atoms with Gasteiger partial charge in [-0.2, -0.15) is 0 Å². The number of hydrogen-bond donors (Lipinski definition) is 1. The van der Waals surface area contributed by atoms with E-state index in [0.717, 1.165) is 0 Å². The van der Waals surface area contributed by atoms with Crippen LogP contribution in [0.15, 0.2) is 21.1 Å². The van der Waals surface area contributed by atoms with Crippen molar-refractivity contribution >= 4 is 43.6 Å². The highest BCUT2D eigenvalue weighted by molar-refractivity contribution is 9.11. The maximum absolute atomic E-state index is 13.1. The number of rotatable bonds is 3. The first kappa shape index (κ1) is 12.3. The van der Waals surface area contributed by atoms with Gasteiger partial charge in [0.25, 0.3) is 0 Å². The molecule has 1 N–H and O–H groups in total. The molecule has 1 rings (SSSR count). The number of Topliss-reactive ketones (excluding diaryl/α,β-unsaturated/α-hetero) is 1. The number of ketones is 1. The molecule has 0 fully saturated rings. The Kier molecular flexibility index (Phi) is 3.98. The molecule has 0 atom stereocenters. The lowest BCUT2D eigenvalue weighted by molar-refractivity contribution is -0.148. The third-order valence-electron chi connectivity index (χ3n) is 1.71. The summed E-state index contributed by atoms with van der Waals surface area (Å²) >= 11 is 6.08. The minimum Gasteiger partial charge on any atom is -0.475 e. The van der Waals surface area contributed by atoms with Crippen molar-refractivity contribution in [3.63, 3.8) is 0 Å². The van der Waals surface area contributed by atoms with Crippen molar-refractivity contribution in [3.8, 4) is 0 Å². The molecule has 6 heteroatoms. The summed E-state index contributed by atoms with van der Waals surface area (Å²) < 4.78 is 13.7. The van der Waals surface area contributed by atoms with Gasteiger partial charge in [0.05, 0.1) is 4.47 Å². The quantitative estimate of drug-likeness (QED) is 0.680. The number of benzene rings is 1. The van der Waals surface area contributed by atoms with E-state index in [0.29, 0.717) is 10.0 Å². The van der Waals surface area contributed by atoms with Crippen molar-refractivity contribution in [2.75, 3.05) is 0 Å². The van der Waals surface area contributed by atoms with E-state index in [1.165, 1.54) is 12.1 Å². The van der Waals surface area contributed by atoms with Gasteiger partial charge in [-0.15, -0.1) is 0 Å². The molecule has 0 amide bonds. The number of halogens is 3. The van der Waals surface area contributed by atoms with Gasteiger partial charge in [0.2, 0.25) is 5.78 Å². The van der Waals surface area contributed by atoms with E-state index in [-0.39, 0.29) is 10.9 Å². The molecule has 0 unspecified atom stereocenters. The van der Waals surface area contributed by atoms with Crippen LogP contribution in [0, 0.1) is 5.82 Å². The van der Waals surface area contributed by atoms with Gasteiger partial charge >= 0.3 is 5.97 Å². The number of carbonyl (C=O) groups excluding carboxylic acids is 1. The summed E-state index contributed by atoms with van der Waals surface area (Å²) in [4.78, 5) is 21.3. The lowest BCUT2D eigenvalue weighted by atomic mass is 10.1. The van der Waals surface area contributed by atoms with Crippen LogP contribution >= 0.6 is 31.9 Å². The average molecular weight is 340 g/mol. The highest BCUT2D eigenvalue weighted by Gasteiger charge is 2.18. The van der Waals surface area contributed by atoms with E-state index in [4.69, 9.17) is 5.11 Å². The molecule has 0 saturated heterocycles. The lowest BCUT2D eigenvalue weighted by Crippen LogP contribution is -2.15. The van der Waals surface area contributed by atoms with Crippen molar-refractivity contribution in [2.24, 2.45) is 0 Å². The van der Waals surface area contributed by atoms with E-state index in [2.05, 4.69) is 31.9 Å². The van der Waals surface area contributed by atoms with E-state index < -0.39 is 17.6 Å². The Hall–Kier alpha value is -0.750. The maximum Gasteiger partial charge on any atom is 0.372 e. The summed E-state index contributed by atoms with van der Waals surface area (Å²) in [7, 11) is 0. The zero-order chi connectivity index (χ0) is 11.6. The molecule has 0 aromatic heterocycles. The van der Waals surface area contributed by atoms with E-state index >= 15 is 0 Å². The molecule has 0 saturated carbocycles. The second-order valence-electron chi connectivity index (χ2n) is 2.73. The molecule has 0 heterocycles. The first-order valence-corrected chi connectivity index (χ1v) is 5.40. The number of carboxylic acid groups (broad SMARTS) is 1. The second kappa shape index (κ2) is 4.85. The normalized spacial score (nSPS) is 10.1. The monoisotopic (exact) mass is 338 g/mol. The van der Waals surface area contributed by atoms with Crippen molar-refractivity contribution in [3.05, 3.63) is 32.5 Å². The summed E-state index contributed by atoms with van der Waals surface area (Å²) in [6.45, 7) is 0. The summed E-state index contributed by atoms with van der Waals surface area (Å²) in [5.74, 6) is -3.05. The Balaban J connectivity index is 3.09. The van der Waals surface area contributed by atoms with Gasteiger partial charge in [-0.1, -0.05) is 15.9 Å². The van der Waals surface area contributed by atoms with Gasteiger partial charge in [-0.05, 0) is 33.6 Å². The third kappa shape index (κ3) is 2.85. The topological polar surface area (TPSA) is 54.4 Å². The van der Waals surface area contributed by atoms with Gasteiger partial charge in [0, 0.05) is 10.9 Å². The van der Waals surface area contributed by atoms with Gasteiger partial charge in [0.15, 0.2) is 0 Å². The van der Waals surface area contributed by atoms with Gasteiger partial charge < -0.3 is 5.11 Å². The largest absolute Gasteiger partial charge is 0.475 e. The Morgan fingerprint density at radius 3 is 2.47 bits per heavy atom. The first-order valence-electron chi connectivity index (χ1n) is 3.82. The van der Waals surface area contributed by atoms with Crippen LogP contribution in [0.4, 0.5) is 4.39 Å². The van der Waals surface area contributed by atoms with Crippen LogP contribution in [-0.2, 0) is 16.0 Å². The van der Waals surface area contributed by atoms with E-state index in [9.17, 15) is 14.0 Å². The van der Waals surface area contributed by atoms with E-state index in [1.54, 1.807) is 0 Å². The molecule has 0 spiro atoms. The standard InChI is InChI=1S/C9H5Br2FO3/c10-5-1-2-6(12)8(11)4(5)3-7(13)9(14)15/h1-2H,3H2,(H,14,15). The molecular formula is C9H5Br2FO3. The fraction of sp³-hybridized carbons (Fsp3) is 0.111. The van der Waals surface area contributed by atoms with Crippen LogP contribution < -0.4 is 0 Å². The SMILES string of the molecule is O=C(O)C(=O)Cc1c(Br)ccc(F)c1Br. The summed E-state index contributed by atoms with van der Waals surface area (Å²) in [5, 5.41) is 8.42. The van der Waals surface area contributed by atoms with Crippen molar-refractivity contribution < 1.29 is 19.1 Å². The zero-order valence-corrected chi connectivity index (χ0v) is 10.4. The van der Waals surface area contributed by atoms with Crippen LogP contribution in [0.2, 0.25) is 0 Å². The summed E-state index contributed by atoms with van der Waals surface area (Å²) in [5.41, 5.74) is 0.294. The highest BCUT2D eigenvalue weighted by atomic mass is 79.9. The van der Waals surface area contributed by atoms with E-state index in [1.807, 2.05) is 0 Å². The van der Waals surface area contributed by atoms with Crippen LogP contribution in [0.3, 0.4) is 0 Å². The molecule has 0 aliphatic carbocycles. The third-order valence-corrected chi connectivity index (χ3v) is 3.32. The average Bonchev–Trinajstić information content (AvgIpc) is 2.18. The molecule has 0 aliphatic rings. The predicted octanol–water partition coefficient (Wildman–Crippen LogP) is 2.55. The molecule has 0 aliphatic heterocycles. The molecule has 80 valence electrons. The number of carboxylic acids is 1. The first-order chi connectivity index (χ1) is 6.93. The molecule has 0 bridgehead atoms. The van der Waals surface area contributed by atoms with Crippen molar-refractivity contribution in [1.29, 1.82) is 0 Å². The second-order valence-corrected chi connectivity index (χ2v) is 4.37. The minimum absolute atomic E-state index is 0.103. The smallest absolute Gasteiger partial charge is 0.372 e. The van der Waals surface area contributed by atoms with Crippen LogP contribution in [0.5, 0.6) is 0 Å². The van der Waals surface area contributed by atoms with Crippen molar-refractivity contribution in [2.45, 2.75) is 6.42 Å². The van der Waals surface area contributed by atoms with Crippen LogP contribution in [0.1, 0.15) is 5.56 Å². The number of aliphatic carboxylic acids is 1. The molecule has 3 nitrogen and oxygen atoms in total. The highest BCUT2D eigenvalue weighted by Crippen LogP contribution is 2.28. The summed E-state index contributed by atoms with van der Waals surface area (Å²) in [6.07, 6.45) is -0.353. The van der Waals surface area contributed by atoms with Gasteiger partial charge in [-0.25, -0.2) is 9.18 Å². The lowest BCUT2D eigenvalue weighted by Gasteiger charge is -2.05. The fourth-order valence-corrected chi connectivity index (χ4v) is 2.19. The molecule has 1 aromatic rings. The Morgan fingerprint density at radius 2 is 1.93 bits per heavy atom.